The number of rotatable bonds is 1. The zero-order chi connectivity index (χ0) is 25.6. The van der Waals surface area contributed by atoms with Gasteiger partial charge >= 0.3 is 0 Å². The van der Waals surface area contributed by atoms with Crippen LogP contribution in [0.4, 0.5) is 5.95 Å². The van der Waals surface area contributed by atoms with Crippen LogP contribution in [0.5, 0.6) is 5.88 Å². The minimum atomic E-state index is -0.214. The fraction of sp³-hybridized carbons (Fsp3) is 0.429. The maximum atomic E-state index is 13.5. The molecule has 36 heavy (non-hydrogen) atoms. The van der Waals surface area contributed by atoms with Gasteiger partial charge in [-0.15, -0.1) is 0 Å². The normalized spacial score (nSPS) is 16.6. The molecule has 0 fully saturated rings. The van der Waals surface area contributed by atoms with E-state index in [1.807, 2.05) is 14.0 Å². The van der Waals surface area contributed by atoms with E-state index >= 15 is 0 Å². The molecule has 1 aromatic carbocycles. The molecule has 8 heteroatoms. The summed E-state index contributed by atoms with van der Waals surface area (Å²) in [4.78, 5) is 23.1. The van der Waals surface area contributed by atoms with Gasteiger partial charge in [0, 0.05) is 24.8 Å². The van der Waals surface area contributed by atoms with Gasteiger partial charge in [-0.25, -0.2) is 9.67 Å². The molecule has 5 rings (SSSR count). The summed E-state index contributed by atoms with van der Waals surface area (Å²) < 4.78 is 10.1. The zero-order valence-corrected chi connectivity index (χ0v) is 21.9. The van der Waals surface area contributed by atoms with Crippen LogP contribution in [-0.2, 0) is 13.6 Å². The lowest BCUT2D eigenvalue weighted by atomic mass is 9.97. The number of carbonyl (C=O) groups excluding carboxylic acids is 1. The summed E-state index contributed by atoms with van der Waals surface area (Å²) in [7, 11) is 1.86. The first-order valence-corrected chi connectivity index (χ1v) is 12.7. The van der Waals surface area contributed by atoms with Gasteiger partial charge in [-0.3, -0.25) is 15.1 Å². The molecule has 0 aliphatic carbocycles. The van der Waals surface area contributed by atoms with E-state index in [1.165, 1.54) is 11.1 Å². The van der Waals surface area contributed by atoms with Crippen LogP contribution < -0.4 is 10.1 Å². The van der Waals surface area contributed by atoms with Crippen molar-refractivity contribution in [3.63, 3.8) is 0 Å². The van der Waals surface area contributed by atoms with Crippen LogP contribution in [0.15, 0.2) is 30.5 Å². The lowest BCUT2D eigenvalue weighted by Gasteiger charge is -2.18. The molecule has 0 saturated heterocycles. The third-order valence-corrected chi connectivity index (χ3v) is 7.00. The number of nitrogens with zero attached hydrogens (tertiary/aromatic N) is 5. The Hall–Kier alpha value is -3.68. The minimum absolute atomic E-state index is 0.214. The number of imidazole rings is 1. The first kappa shape index (κ1) is 24.0. The number of ether oxygens (including phenoxy) is 1. The Morgan fingerprint density at radius 2 is 1.97 bits per heavy atom. The highest BCUT2D eigenvalue weighted by atomic mass is 16.5. The zero-order valence-electron chi connectivity index (χ0n) is 21.9. The second-order valence-electron chi connectivity index (χ2n) is 10.3. The molecule has 0 unspecified atom stereocenters. The van der Waals surface area contributed by atoms with E-state index in [1.54, 1.807) is 23.0 Å². The van der Waals surface area contributed by atoms with Gasteiger partial charge in [0.1, 0.15) is 0 Å². The maximum Gasteiger partial charge on any atom is 0.258 e. The maximum absolute atomic E-state index is 13.5. The quantitative estimate of drug-likeness (QED) is 0.377. The van der Waals surface area contributed by atoms with Gasteiger partial charge in [-0.05, 0) is 67.9 Å². The van der Waals surface area contributed by atoms with Crippen molar-refractivity contribution in [3.8, 4) is 17.1 Å². The number of hydrogen-bond donors (Lipinski definition) is 1. The van der Waals surface area contributed by atoms with Crippen LogP contribution in [0.2, 0.25) is 0 Å². The molecule has 0 radical (unpaired) electrons. The van der Waals surface area contributed by atoms with Gasteiger partial charge in [0.05, 0.1) is 35.1 Å². The number of nitrogens with one attached hydrogen (secondary N) is 1. The molecule has 3 aromatic heterocycles. The van der Waals surface area contributed by atoms with Gasteiger partial charge in [0.15, 0.2) is 0 Å². The number of amides is 1. The van der Waals surface area contributed by atoms with Crippen LogP contribution in [0.25, 0.3) is 22.3 Å². The van der Waals surface area contributed by atoms with Crippen molar-refractivity contribution in [1.82, 2.24) is 24.3 Å². The minimum Gasteiger partial charge on any atom is -0.477 e. The van der Waals surface area contributed by atoms with Gasteiger partial charge in [-0.2, -0.15) is 5.10 Å². The number of fused-ring (bicyclic) bond motifs is 7. The molecular weight excluding hydrogens is 452 g/mol. The van der Waals surface area contributed by atoms with Crippen molar-refractivity contribution in [1.29, 1.82) is 0 Å². The number of aryl methyl sites for hydroxylation is 3. The highest BCUT2D eigenvalue weighted by molar-refractivity contribution is 6.05. The molecule has 2 bridgehead atoms. The van der Waals surface area contributed by atoms with E-state index in [4.69, 9.17) is 9.72 Å². The lowest BCUT2D eigenvalue weighted by Crippen LogP contribution is -2.18. The van der Waals surface area contributed by atoms with Gasteiger partial charge < -0.3 is 9.30 Å². The smallest absolute Gasteiger partial charge is 0.258 e. The predicted octanol–water partition coefficient (Wildman–Crippen LogP) is 5.63. The monoisotopic (exact) mass is 486 g/mol. The SMILES string of the molecule is Cc1cc2cc(n1)-c1cnn(C)c1OCCC[C@@H](C)Cn1c(nc3ccc(C(C)C)c(C)c31)NC2=O. The first-order valence-electron chi connectivity index (χ1n) is 12.7. The van der Waals surface area contributed by atoms with Crippen LogP contribution in [0.3, 0.4) is 0 Å². The summed E-state index contributed by atoms with van der Waals surface area (Å²) in [6.07, 6.45) is 3.63. The van der Waals surface area contributed by atoms with Crippen molar-refractivity contribution in [2.75, 3.05) is 11.9 Å². The average molecular weight is 487 g/mol. The van der Waals surface area contributed by atoms with E-state index in [2.05, 4.69) is 59.8 Å². The molecule has 1 aliphatic heterocycles. The highest BCUT2D eigenvalue weighted by Gasteiger charge is 2.22. The number of pyridine rings is 1. The highest BCUT2D eigenvalue weighted by Crippen LogP contribution is 2.32. The van der Waals surface area contributed by atoms with E-state index in [0.29, 0.717) is 41.5 Å². The van der Waals surface area contributed by atoms with Crippen LogP contribution in [-0.4, -0.2) is 36.8 Å². The van der Waals surface area contributed by atoms with E-state index < -0.39 is 0 Å². The Labute approximate surface area is 211 Å². The predicted molar refractivity (Wildman–Crippen MR) is 142 cm³/mol. The summed E-state index contributed by atoms with van der Waals surface area (Å²) in [5.41, 5.74) is 7.22. The molecular formula is C28H34N6O2. The van der Waals surface area contributed by atoms with E-state index in [9.17, 15) is 4.79 Å². The fourth-order valence-corrected chi connectivity index (χ4v) is 5.20. The molecule has 1 N–H and O–H groups in total. The summed E-state index contributed by atoms with van der Waals surface area (Å²) in [6, 6.07) is 7.82. The molecule has 1 amide bonds. The Morgan fingerprint density at radius 3 is 2.75 bits per heavy atom. The molecule has 4 aromatic rings. The summed E-state index contributed by atoms with van der Waals surface area (Å²) in [6.45, 7) is 12.0. The molecule has 0 spiro atoms. The van der Waals surface area contributed by atoms with E-state index in [0.717, 1.165) is 41.7 Å². The average Bonchev–Trinajstić information content (AvgIpc) is 3.36. The third-order valence-electron chi connectivity index (χ3n) is 7.00. The second-order valence-corrected chi connectivity index (χ2v) is 10.3. The van der Waals surface area contributed by atoms with Gasteiger partial charge in [0.25, 0.3) is 5.91 Å². The summed E-state index contributed by atoms with van der Waals surface area (Å²) in [5.74, 6) is 1.80. The Kier molecular flexibility index (Phi) is 6.28. The Balaban J connectivity index is 1.64. The largest absolute Gasteiger partial charge is 0.477 e. The van der Waals surface area contributed by atoms with Crippen molar-refractivity contribution in [3.05, 3.63) is 52.8 Å². The Morgan fingerprint density at radius 1 is 1.17 bits per heavy atom. The van der Waals surface area contributed by atoms with Crippen molar-refractivity contribution in [2.45, 2.75) is 59.9 Å². The van der Waals surface area contributed by atoms with E-state index in [-0.39, 0.29) is 5.91 Å². The summed E-state index contributed by atoms with van der Waals surface area (Å²) in [5, 5.41) is 7.49. The number of carbonyl (C=O) groups is 1. The number of anilines is 1. The summed E-state index contributed by atoms with van der Waals surface area (Å²) >= 11 is 0. The molecule has 1 atom stereocenters. The topological polar surface area (TPSA) is 86.9 Å². The molecule has 4 heterocycles. The third kappa shape index (κ3) is 4.36. The van der Waals surface area contributed by atoms with Crippen LogP contribution in [0.1, 0.15) is 66.7 Å². The number of hydrogen-bond acceptors (Lipinski definition) is 5. The lowest BCUT2D eigenvalue weighted by molar-refractivity contribution is 0.102. The van der Waals surface area contributed by atoms with Crippen molar-refractivity contribution < 1.29 is 9.53 Å². The Bertz CT molecular complexity index is 1450. The number of aromatic nitrogens is 5. The van der Waals surface area contributed by atoms with Crippen LogP contribution in [0, 0.1) is 19.8 Å². The first-order chi connectivity index (χ1) is 17.2. The molecule has 1 aliphatic rings. The molecule has 8 nitrogen and oxygen atoms in total. The molecule has 0 saturated carbocycles. The van der Waals surface area contributed by atoms with Crippen LogP contribution >= 0.6 is 0 Å². The molecule has 188 valence electrons. The standard InChI is InChI=1S/C28H34N6O2/c1-16(2)21-9-10-23-25(19(21)5)34-15-17(3)8-7-11-36-27-22(14-29-33(27)6)24-13-20(12-18(4)30-24)26(35)32-28(34)31-23/h9-10,12-14,16-17H,7-8,11,15H2,1-6H3,(H,31,32,35)/t17-/m1/s1. The van der Waals surface area contributed by atoms with Gasteiger partial charge in [0.2, 0.25) is 11.8 Å². The second kappa shape index (κ2) is 9.41. The fourth-order valence-electron chi connectivity index (χ4n) is 5.20. The van der Waals surface area contributed by atoms with Crippen molar-refractivity contribution in [2.24, 2.45) is 13.0 Å². The number of benzene rings is 1. The van der Waals surface area contributed by atoms with Crippen molar-refractivity contribution >= 4 is 22.9 Å². The van der Waals surface area contributed by atoms with Gasteiger partial charge in [-0.1, -0.05) is 26.8 Å².